The minimum atomic E-state index is -0.332. The Morgan fingerprint density at radius 3 is 2.57 bits per heavy atom. The number of amides is 1. The molecule has 1 amide bonds. The third-order valence-electron chi connectivity index (χ3n) is 1.80. The minimum absolute atomic E-state index is 0.230. The van der Waals surface area contributed by atoms with Crippen molar-refractivity contribution in [3.63, 3.8) is 0 Å². The molecule has 1 aromatic rings. The first-order valence-electron chi connectivity index (χ1n) is 4.42. The smallest absolute Gasteiger partial charge is 0.231 e. The number of carbonyl (C=O) groups excluding carboxylic acids is 1. The zero-order chi connectivity index (χ0) is 10.4. The number of halogens is 1. The van der Waals surface area contributed by atoms with Gasteiger partial charge in [-0.1, -0.05) is 23.7 Å². The van der Waals surface area contributed by atoms with Gasteiger partial charge in [-0.15, -0.1) is 0 Å². The zero-order valence-corrected chi connectivity index (χ0v) is 8.55. The monoisotopic (exact) mass is 212 g/mol. The van der Waals surface area contributed by atoms with Crippen molar-refractivity contribution < 1.29 is 4.79 Å². The second kappa shape index (κ2) is 5.62. The van der Waals surface area contributed by atoms with E-state index in [4.69, 9.17) is 17.3 Å². The van der Waals surface area contributed by atoms with Crippen LogP contribution in [0.15, 0.2) is 24.3 Å². The average Bonchev–Trinajstić information content (AvgIpc) is 2.15. The maximum Gasteiger partial charge on any atom is 0.231 e. The molecule has 3 nitrogen and oxygen atoms in total. The van der Waals surface area contributed by atoms with E-state index in [0.29, 0.717) is 0 Å². The summed E-state index contributed by atoms with van der Waals surface area (Å²) in [5.74, 6) is -0.332. The molecule has 0 aliphatic rings. The van der Waals surface area contributed by atoms with E-state index in [1.54, 1.807) is 0 Å². The molecule has 0 aliphatic heterocycles. The lowest BCUT2D eigenvalue weighted by atomic mass is 10.1. The number of nitrogens with two attached hydrogens (primary N) is 1. The Labute approximate surface area is 88.2 Å². The Hall–Kier alpha value is -1.06. The number of hydrogen-bond acceptors (Lipinski definition) is 2. The quantitative estimate of drug-likeness (QED) is 0.715. The number of hydrogen-bond donors (Lipinski definition) is 2. The highest BCUT2D eigenvalue weighted by molar-refractivity contribution is 6.30. The van der Waals surface area contributed by atoms with E-state index in [1.165, 1.54) is 5.56 Å². The number of rotatable bonds is 5. The average molecular weight is 213 g/mol. The number of primary amides is 1. The largest absolute Gasteiger partial charge is 0.369 e. The van der Waals surface area contributed by atoms with Gasteiger partial charge in [0.15, 0.2) is 0 Å². The highest BCUT2D eigenvalue weighted by atomic mass is 35.5. The molecular weight excluding hydrogens is 200 g/mol. The third kappa shape index (κ3) is 4.25. The van der Waals surface area contributed by atoms with Crippen LogP contribution in [-0.4, -0.2) is 19.0 Å². The van der Waals surface area contributed by atoms with Gasteiger partial charge in [0.25, 0.3) is 0 Å². The van der Waals surface area contributed by atoms with Gasteiger partial charge in [0.1, 0.15) is 0 Å². The molecule has 0 fully saturated rings. The van der Waals surface area contributed by atoms with Crippen molar-refractivity contribution in [3.8, 4) is 0 Å². The molecule has 3 N–H and O–H groups in total. The fraction of sp³-hybridized carbons (Fsp3) is 0.300. The molecule has 14 heavy (non-hydrogen) atoms. The Kier molecular flexibility index (Phi) is 4.43. The summed E-state index contributed by atoms with van der Waals surface area (Å²) < 4.78 is 0. The summed E-state index contributed by atoms with van der Waals surface area (Å²) in [5.41, 5.74) is 6.16. The lowest BCUT2D eigenvalue weighted by Crippen LogP contribution is -2.29. The first-order valence-corrected chi connectivity index (χ1v) is 4.80. The molecule has 1 rings (SSSR count). The van der Waals surface area contributed by atoms with Crippen molar-refractivity contribution in [2.24, 2.45) is 5.73 Å². The Morgan fingerprint density at radius 1 is 1.36 bits per heavy atom. The van der Waals surface area contributed by atoms with Crippen LogP contribution < -0.4 is 11.1 Å². The predicted octanol–water partition coefficient (Wildman–Crippen LogP) is 0.957. The van der Waals surface area contributed by atoms with Gasteiger partial charge in [0, 0.05) is 5.02 Å². The van der Waals surface area contributed by atoms with Crippen LogP contribution >= 0.6 is 11.6 Å². The zero-order valence-electron chi connectivity index (χ0n) is 7.79. The molecule has 1 aromatic carbocycles. The summed E-state index contributed by atoms with van der Waals surface area (Å²) >= 11 is 5.74. The van der Waals surface area contributed by atoms with Crippen LogP contribution in [0.3, 0.4) is 0 Å². The van der Waals surface area contributed by atoms with Crippen molar-refractivity contribution in [1.82, 2.24) is 5.32 Å². The SMILES string of the molecule is NC(=O)CNCCc1ccc(Cl)cc1. The molecule has 0 unspecified atom stereocenters. The van der Waals surface area contributed by atoms with E-state index in [0.717, 1.165) is 18.0 Å². The molecule has 0 aliphatic carbocycles. The van der Waals surface area contributed by atoms with Gasteiger partial charge in [0.05, 0.1) is 6.54 Å². The first-order chi connectivity index (χ1) is 6.68. The van der Waals surface area contributed by atoms with E-state index in [9.17, 15) is 4.79 Å². The number of carbonyl (C=O) groups is 1. The van der Waals surface area contributed by atoms with Gasteiger partial charge < -0.3 is 11.1 Å². The topological polar surface area (TPSA) is 55.1 Å². The van der Waals surface area contributed by atoms with E-state index in [-0.39, 0.29) is 12.5 Å². The van der Waals surface area contributed by atoms with E-state index in [2.05, 4.69) is 5.32 Å². The fourth-order valence-electron chi connectivity index (χ4n) is 1.10. The van der Waals surface area contributed by atoms with Crippen molar-refractivity contribution in [1.29, 1.82) is 0 Å². The van der Waals surface area contributed by atoms with Crippen molar-refractivity contribution in [2.75, 3.05) is 13.1 Å². The Morgan fingerprint density at radius 2 is 2.00 bits per heavy atom. The van der Waals surface area contributed by atoms with Gasteiger partial charge in [-0.05, 0) is 30.7 Å². The Balaban J connectivity index is 2.25. The van der Waals surface area contributed by atoms with Gasteiger partial charge >= 0.3 is 0 Å². The maximum absolute atomic E-state index is 10.4. The van der Waals surface area contributed by atoms with Gasteiger partial charge in [-0.2, -0.15) is 0 Å². The van der Waals surface area contributed by atoms with Crippen LogP contribution in [0.1, 0.15) is 5.56 Å². The summed E-state index contributed by atoms with van der Waals surface area (Å²) in [7, 11) is 0. The third-order valence-corrected chi connectivity index (χ3v) is 2.05. The van der Waals surface area contributed by atoms with Crippen LogP contribution in [0.5, 0.6) is 0 Å². The molecule has 0 spiro atoms. The van der Waals surface area contributed by atoms with Crippen molar-refractivity contribution in [2.45, 2.75) is 6.42 Å². The first kappa shape index (κ1) is 11.0. The van der Waals surface area contributed by atoms with Crippen LogP contribution in [-0.2, 0) is 11.2 Å². The highest BCUT2D eigenvalue weighted by Gasteiger charge is 1.95. The fourth-order valence-corrected chi connectivity index (χ4v) is 1.22. The normalized spacial score (nSPS) is 10.1. The summed E-state index contributed by atoms with van der Waals surface area (Å²) in [6.45, 7) is 0.970. The molecule has 0 aromatic heterocycles. The lowest BCUT2D eigenvalue weighted by molar-refractivity contribution is -0.117. The van der Waals surface area contributed by atoms with Crippen LogP contribution in [0.4, 0.5) is 0 Å². The molecular formula is C10H13ClN2O. The molecule has 4 heteroatoms. The molecule has 0 heterocycles. The predicted molar refractivity (Wildman–Crippen MR) is 57.2 cm³/mol. The van der Waals surface area contributed by atoms with Crippen molar-refractivity contribution in [3.05, 3.63) is 34.9 Å². The summed E-state index contributed by atoms with van der Waals surface area (Å²) in [4.78, 5) is 10.4. The van der Waals surface area contributed by atoms with Crippen LogP contribution in [0.25, 0.3) is 0 Å². The molecule has 0 saturated heterocycles. The summed E-state index contributed by atoms with van der Waals surface area (Å²) in [5, 5.41) is 3.68. The van der Waals surface area contributed by atoms with E-state index < -0.39 is 0 Å². The van der Waals surface area contributed by atoms with E-state index in [1.807, 2.05) is 24.3 Å². The summed E-state index contributed by atoms with van der Waals surface area (Å²) in [6, 6.07) is 7.64. The van der Waals surface area contributed by atoms with Crippen LogP contribution in [0.2, 0.25) is 5.02 Å². The second-order valence-corrected chi connectivity index (χ2v) is 3.46. The minimum Gasteiger partial charge on any atom is -0.369 e. The van der Waals surface area contributed by atoms with Gasteiger partial charge in [-0.25, -0.2) is 0 Å². The molecule has 0 bridgehead atoms. The standard InChI is InChI=1S/C10H13ClN2O/c11-9-3-1-8(2-4-9)5-6-13-7-10(12)14/h1-4,13H,5-7H2,(H2,12,14). The number of nitrogens with one attached hydrogen (secondary N) is 1. The molecule has 76 valence electrons. The van der Waals surface area contributed by atoms with Crippen molar-refractivity contribution >= 4 is 17.5 Å². The molecule has 0 radical (unpaired) electrons. The molecule has 0 atom stereocenters. The lowest BCUT2D eigenvalue weighted by Gasteiger charge is -2.02. The molecule has 0 saturated carbocycles. The maximum atomic E-state index is 10.4. The highest BCUT2D eigenvalue weighted by Crippen LogP contribution is 2.09. The Bertz CT molecular complexity index is 297. The van der Waals surface area contributed by atoms with Crippen LogP contribution in [0, 0.1) is 0 Å². The summed E-state index contributed by atoms with van der Waals surface area (Å²) in [6.07, 6.45) is 0.866. The number of benzene rings is 1. The van der Waals surface area contributed by atoms with Gasteiger partial charge in [0.2, 0.25) is 5.91 Å². The van der Waals surface area contributed by atoms with E-state index >= 15 is 0 Å². The van der Waals surface area contributed by atoms with Gasteiger partial charge in [-0.3, -0.25) is 4.79 Å². The second-order valence-electron chi connectivity index (χ2n) is 3.02.